The molecular formula is C12H18ClN. The van der Waals surface area contributed by atoms with Gasteiger partial charge in [0.2, 0.25) is 0 Å². The normalized spacial score (nSPS) is 9.43. The lowest BCUT2D eigenvalue weighted by atomic mass is 9.95. The largest absolute Gasteiger partial charge is 0.344 e. The smallest absolute Gasteiger partial charge is 0.0477 e. The summed E-state index contributed by atoms with van der Waals surface area (Å²) in [5.41, 5.74) is 6.34. The predicted octanol–water partition coefficient (Wildman–Crippen LogP) is 4.16. The van der Waals surface area contributed by atoms with E-state index in [0.29, 0.717) is 5.88 Å². The van der Waals surface area contributed by atoms with E-state index in [1.807, 2.05) is 6.08 Å². The Hall–Kier alpha value is -0.790. The number of benzene rings is 1. The number of hydrogen-bond acceptors (Lipinski definition) is 1. The van der Waals surface area contributed by atoms with Crippen molar-refractivity contribution < 1.29 is 0 Å². The van der Waals surface area contributed by atoms with Gasteiger partial charge in [-0.1, -0.05) is 18.7 Å². The standard InChI is InChI=1S/C12H15Cl.H3N/c1-5-11-6-12(7-13)10(4)8(2)9(11)3;/h5-6H,1,7H2,2-4H3;1H3. The predicted molar refractivity (Wildman–Crippen MR) is 65.3 cm³/mol. The average Bonchev–Trinajstić information content (AvgIpc) is 2.15. The van der Waals surface area contributed by atoms with Crippen LogP contribution in [-0.4, -0.2) is 0 Å². The van der Waals surface area contributed by atoms with Gasteiger partial charge in [0.15, 0.2) is 0 Å². The van der Waals surface area contributed by atoms with Crippen molar-refractivity contribution in [1.29, 1.82) is 0 Å². The van der Waals surface area contributed by atoms with Crippen molar-refractivity contribution in [3.8, 4) is 0 Å². The van der Waals surface area contributed by atoms with E-state index in [4.69, 9.17) is 11.6 Å². The second-order valence-electron chi connectivity index (χ2n) is 3.34. The van der Waals surface area contributed by atoms with Crippen molar-refractivity contribution in [2.75, 3.05) is 0 Å². The molecule has 0 saturated carbocycles. The molecular weight excluding hydrogens is 194 g/mol. The SMILES string of the molecule is C=Cc1cc(CCl)c(C)c(C)c1C.N. The lowest BCUT2D eigenvalue weighted by Gasteiger charge is -2.12. The lowest BCUT2D eigenvalue weighted by molar-refractivity contribution is 1.19. The molecule has 0 radical (unpaired) electrons. The van der Waals surface area contributed by atoms with Crippen LogP contribution in [0.4, 0.5) is 0 Å². The van der Waals surface area contributed by atoms with Crippen LogP contribution in [0.5, 0.6) is 0 Å². The zero-order chi connectivity index (χ0) is 10.0. The van der Waals surface area contributed by atoms with Crippen LogP contribution in [0.25, 0.3) is 6.08 Å². The fraction of sp³-hybridized carbons (Fsp3) is 0.333. The van der Waals surface area contributed by atoms with Gasteiger partial charge in [-0.05, 0) is 48.6 Å². The Morgan fingerprint density at radius 1 is 1.21 bits per heavy atom. The summed E-state index contributed by atoms with van der Waals surface area (Å²) in [4.78, 5) is 0. The lowest BCUT2D eigenvalue weighted by Crippen LogP contribution is -1.95. The average molecular weight is 212 g/mol. The molecule has 0 heterocycles. The summed E-state index contributed by atoms with van der Waals surface area (Å²) in [5, 5.41) is 0. The van der Waals surface area contributed by atoms with Crippen LogP contribution in [0.2, 0.25) is 0 Å². The quantitative estimate of drug-likeness (QED) is 0.733. The molecule has 78 valence electrons. The van der Waals surface area contributed by atoms with Gasteiger partial charge >= 0.3 is 0 Å². The van der Waals surface area contributed by atoms with Gasteiger partial charge in [0.25, 0.3) is 0 Å². The Labute approximate surface area is 91.4 Å². The summed E-state index contributed by atoms with van der Waals surface area (Å²) in [5.74, 6) is 0.577. The van der Waals surface area contributed by atoms with E-state index in [9.17, 15) is 0 Å². The zero-order valence-corrected chi connectivity index (χ0v) is 9.91. The summed E-state index contributed by atoms with van der Waals surface area (Å²) in [7, 11) is 0. The molecule has 0 amide bonds. The Morgan fingerprint density at radius 2 is 1.79 bits per heavy atom. The van der Waals surface area contributed by atoms with E-state index in [0.717, 1.165) is 0 Å². The molecule has 0 atom stereocenters. The Kier molecular flexibility index (Phi) is 4.89. The Balaban J connectivity index is 0.00000169. The number of hydrogen-bond donors (Lipinski definition) is 1. The van der Waals surface area contributed by atoms with Crippen molar-refractivity contribution in [1.82, 2.24) is 6.15 Å². The molecule has 0 saturated heterocycles. The van der Waals surface area contributed by atoms with Crippen LogP contribution in [-0.2, 0) is 5.88 Å². The van der Waals surface area contributed by atoms with E-state index < -0.39 is 0 Å². The van der Waals surface area contributed by atoms with Gasteiger partial charge in [0.05, 0.1) is 0 Å². The molecule has 1 nitrogen and oxygen atoms in total. The molecule has 0 aliphatic rings. The maximum absolute atomic E-state index is 5.85. The monoisotopic (exact) mass is 211 g/mol. The van der Waals surface area contributed by atoms with Gasteiger partial charge in [0.1, 0.15) is 0 Å². The highest BCUT2D eigenvalue weighted by molar-refractivity contribution is 6.17. The van der Waals surface area contributed by atoms with Crippen LogP contribution >= 0.6 is 11.6 Å². The van der Waals surface area contributed by atoms with Gasteiger partial charge in [-0.15, -0.1) is 11.6 Å². The van der Waals surface area contributed by atoms with Crippen LogP contribution in [0.1, 0.15) is 27.8 Å². The van der Waals surface area contributed by atoms with Crippen molar-refractivity contribution >= 4 is 17.7 Å². The van der Waals surface area contributed by atoms with Crippen LogP contribution in [0.15, 0.2) is 12.6 Å². The van der Waals surface area contributed by atoms with Crippen molar-refractivity contribution in [2.45, 2.75) is 26.7 Å². The van der Waals surface area contributed by atoms with Gasteiger partial charge in [-0.25, -0.2) is 0 Å². The Morgan fingerprint density at radius 3 is 2.21 bits per heavy atom. The third kappa shape index (κ3) is 2.17. The van der Waals surface area contributed by atoms with Gasteiger partial charge in [-0.2, -0.15) is 0 Å². The molecule has 0 spiro atoms. The first kappa shape index (κ1) is 13.2. The number of halogens is 1. The molecule has 1 rings (SSSR count). The highest BCUT2D eigenvalue weighted by atomic mass is 35.5. The van der Waals surface area contributed by atoms with E-state index in [-0.39, 0.29) is 6.15 Å². The fourth-order valence-corrected chi connectivity index (χ4v) is 1.77. The number of alkyl halides is 1. The topological polar surface area (TPSA) is 35.0 Å². The molecule has 14 heavy (non-hydrogen) atoms. The first-order valence-electron chi connectivity index (χ1n) is 4.40. The van der Waals surface area contributed by atoms with E-state index in [1.54, 1.807) is 0 Å². The van der Waals surface area contributed by atoms with Crippen molar-refractivity contribution in [3.05, 3.63) is 40.5 Å². The third-order valence-electron chi connectivity index (χ3n) is 2.73. The van der Waals surface area contributed by atoms with Crippen LogP contribution in [0, 0.1) is 20.8 Å². The van der Waals surface area contributed by atoms with Crippen molar-refractivity contribution in [2.24, 2.45) is 0 Å². The van der Waals surface area contributed by atoms with Crippen LogP contribution in [0.3, 0.4) is 0 Å². The second-order valence-corrected chi connectivity index (χ2v) is 3.60. The molecule has 0 fully saturated rings. The molecule has 0 unspecified atom stereocenters. The maximum Gasteiger partial charge on any atom is 0.0477 e. The van der Waals surface area contributed by atoms with E-state index >= 15 is 0 Å². The van der Waals surface area contributed by atoms with Crippen LogP contribution < -0.4 is 6.15 Å². The molecule has 3 N–H and O–H groups in total. The molecule has 0 aliphatic heterocycles. The fourth-order valence-electron chi connectivity index (χ4n) is 1.49. The minimum absolute atomic E-state index is 0. The summed E-state index contributed by atoms with van der Waals surface area (Å²) in [6.45, 7) is 10.2. The third-order valence-corrected chi connectivity index (χ3v) is 3.02. The first-order valence-corrected chi connectivity index (χ1v) is 4.93. The van der Waals surface area contributed by atoms with Gasteiger partial charge in [-0.3, -0.25) is 0 Å². The molecule has 0 aromatic heterocycles. The molecule has 0 bridgehead atoms. The summed E-state index contributed by atoms with van der Waals surface area (Å²) < 4.78 is 0. The molecule has 0 aliphatic carbocycles. The summed E-state index contributed by atoms with van der Waals surface area (Å²) >= 11 is 5.85. The molecule has 1 aromatic carbocycles. The number of rotatable bonds is 2. The maximum atomic E-state index is 5.85. The van der Waals surface area contributed by atoms with Crippen molar-refractivity contribution in [3.63, 3.8) is 0 Å². The minimum Gasteiger partial charge on any atom is -0.344 e. The minimum atomic E-state index is 0. The summed E-state index contributed by atoms with van der Waals surface area (Å²) in [6.07, 6.45) is 1.89. The Bertz CT molecular complexity index is 343. The first-order chi connectivity index (χ1) is 6.11. The molecule has 1 aromatic rings. The highest BCUT2D eigenvalue weighted by Gasteiger charge is 2.06. The molecule has 2 heteroatoms. The van der Waals surface area contributed by atoms with E-state index in [2.05, 4.69) is 33.4 Å². The highest BCUT2D eigenvalue weighted by Crippen LogP contribution is 2.23. The van der Waals surface area contributed by atoms with Gasteiger partial charge in [0, 0.05) is 5.88 Å². The second kappa shape index (κ2) is 5.18. The zero-order valence-electron chi connectivity index (χ0n) is 9.15. The summed E-state index contributed by atoms with van der Waals surface area (Å²) in [6, 6.07) is 2.12. The van der Waals surface area contributed by atoms with Gasteiger partial charge < -0.3 is 6.15 Å². The van der Waals surface area contributed by atoms with E-state index in [1.165, 1.54) is 27.8 Å².